The number of benzene rings is 1. The summed E-state index contributed by atoms with van der Waals surface area (Å²) >= 11 is 5.98. The molecule has 8 heteroatoms. The number of sulfonamides is 1. The van der Waals surface area contributed by atoms with Crippen LogP contribution in [0.3, 0.4) is 0 Å². The maximum absolute atomic E-state index is 13.0. The monoisotopic (exact) mass is 386 g/mol. The summed E-state index contributed by atoms with van der Waals surface area (Å²) in [6, 6.07) is 4.57. The lowest BCUT2D eigenvalue weighted by Crippen LogP contribution is -2.43. The number of halogens is 1. The molecule has 0 aromatic heterocycles. The first-order chi connectivity index (χ1) is 11.9. The Morgan fingerprint density at radius 2 is 2.12 bits per heavy atom. The second kappa shape index (κ2) is 8.69. The highest BCUT2D eigenvalue weighted by atomic mass is 35.5. The van der Waals surface area contributed by atoms with E-state index in [1.807, 2.05) is 0 Å². The summed E-state index contributed by atoms with van der Waals surface area (Å²) in [5.74, 6) is 0.0459. The van der Waals surface area contributed by atoms with Crippen LogP contribution >= 0.6 is 11.6 Å². The molecule has 1 aromatic carbocycles. The SMILES string of the molecule is C=CCNC(=O)C1CCN(S(=O)(=O)c2cc(Cl)ccc2OCC)CC1. The third kappa shape index (κ3) is 4.74. The van der Waals surface area contributed by atoms with Gasteiger partial charge in [0.05, 0.1) is 6.61 Å². The maximum atomic E-state index is 13.0. The summed E-state index contributed by atoms with van der Waals surface area (Å²) in [4.78, 5) is 12.1. The molecule has 0 unspecified atom stereocenters. The Hall–Kier alpha value is -1.57. The number of carbonyl (C=O) groups excluding carboxylic acids is 1. The van der Waals surface area contributed by atoms with E-state index in [0.29, 0.717) is 31.0 Å². The summed E-state index contributed by atoms with van der Waals surface area (Å²) in [6.07, 6.45) is 2.57. The molecule has 25 heavy (non-hydrogen) atoms. The fraction of sp³-hybridized carbons (Fsp3) is 0.471. The number of nitrogens with zero attached hydrogens (tertiary/aromatic N) is 1. The molecule has 1 fully saturated rings. The first-order valence-corrected chi connectivity index (χ1v) is 10.0. The van der Waals surface area contributed by atoms with Crippen molar-refractivity contribution in [1.82, 2.24) is 9.62 Å². The molecule has 1 aliphatic rings. The lowest BCUT2D eigenvalue weighted by molar-refractivity contribution is -0.125. The van der Waals surface area contributed by atoms with Crippen LogP contribution in [0.4, 0.5) is 0 Å². The number of carbonyl (C=O) groups is 1. The molecule has 1 aliphatic heterocycles. The third-order valence-electron chi connectivity index (χ3n) is 4.07. The Morgan fingerprint density at radius 3 is 2.72 bits per heavy atom. The molecule has 0 spiro atoms. The van der Waals surface area contributed by atoms with Gasteiger partial charge in [-0.05, 0) is 38.0 Å². The first-order valence-electron chi connectivity index (χ1n) is 8.21. The van der Waals surface area contributed by atoms with Gasteiger partial charge in [-0.2, -0.15) is 4.31 Å². The highest BCUT2D eigenvalue weighted by Gasteiger charge is 2.33. The van der Waals surface area contributed by atoms with Crippen LogP contribution < -0.4 is 10.1 Å². The normalized spacial score (nSPS) is 16.4. The summed E-state index contributed by atoms with van der Waals surface area (Å²) in [5, 5.41) is 3.09. The number of piperidine rings is 1. The summed E-state index contributed by atoms with van der Waals surface area (Å²) < 4.78 is 32.7. The van der Waals surface area contributed by atoms with E-state index in [2.05, 4.69) is 11.9 Å². The van der Waals surface area contributed by atoms with Crippen LogP contribution in [0.25, 0.3) is 0 Å². The first kappa shape index (κ1) is 19.8. The molecule has 1 heterocycles. The Balaban J connectivity index is 2.13. The topological polar surface area (TPSA) is 75.7 Å². The largest absolute Gasteiger partial charge is 0.492 e. The van der Waals surface area contributed by atoms with Crippen LogP contribution in [-0.2, 0) is 14.8 Å². The lowest BCUT2D eigenvalue weighted by atomic mass is 9.97. The highest BCUT2D eigenvalue weighted by Crippen LogP contribution is 2.32. The average Bonchev–Trinajstić information content (AvgIpc) is 2.61. The van der Waals surface area contributed by atoms with E-state index in [9.17, 15) is 13.2 Å². The standard InChI is InChI=1S/C17H23ClN2O4S/c1-3-9-19-17(21)13-7-10-20(11-8-13)25(22,23)16-12-14(18)5-6-15(16)24-4-2/h3,5-6,12-13H,1,4,7-11H2,2H3,(H,19,21). The fourth-order valence-corrected chi connectivity index (χ4v) is 4.64. The van der Waals surface area contributed by atoms with Gasteiger partial charge >= 0.3 is 0 Å². The van der Waals surface area contributed by atoms with Gasteiger partial charge in [0.25, 0.3) is 0 Å². The summed E-state index contributed by atoms with van der Waals surface area (Å²) in [7, 11) is -3.73. The molecule has 1 amide bonds. The fourth-order valence-electron chi connectivity index (χ4n) is 2.77. The predicted molar refractivity (Wildman–Crippen MR) is 97.3 cm³/mol. The van der Waals surface area contributed by atoms with E-state index < -0.39 is 10.0 Å². The molecule has 0 bridgehead atoms. The Labute approximate surface area is 153 Å². The molecule has 1 saturated heterocycles. The number of amides is 1. The van der Waals surface area contributed by atoms with Crippen LogP contribution in [0, 0.1) is 5.92 Å². The van der Waals surface area contributed by atoms with Crippen molar-refractivity contribution in [2.45, 2.75) is 24.7 Å². The van der Waals surface area contributed by atoms with Crippen molar-refractivity contribution in [3.05, 3.63) is 35.9 Å². The molecule has 2 rings (SSSR count). The van der Waals surface area contributed by atoms with Gasteiger partial charge in [0.1, 0.15) is 10.6 Å². The van der Waals surface area contributed by atoms with Gasteiger partial charge in [-0.15, -0.1) is 6.58 Å². The predicted octanol–water partition coefficient (Wildman–Crippen LogP) is 2.44. The van der Waals surface area contributed by atoms with Crippen molar-refractivity contribution < 1.29 is 17.9 Å². The van der Waals surface area contributed by atoms with Gasteiger partial charge in [-0.25, -0.2) is 8.42 Å². The van der Waals surface area contributed by atoms with Gasteiger partial charge in [-0.3, -0.25) is 4.79 Å². The third-order valence-corrected chi connectivity index (χ3v) is 6.22. The minimum Gasteiger partial charge on any atom is -0.492 e. The van der Waals surface area contributed by atoms with Crippen LogP contribution in [0.1, 0.15) is 19.8 Å². The summed E-state index contributed by atoms with van der Waals surface area (Å²) in [6.45, 7) is 6.69. The molecule has 0 aliphatic carbocycles. The van der Waals surface area contributed by atoms with Crippen LogP contribution in [0.15, 0.2) is 35.7 Å². The lowest BCUT2D eigenvalue weighted by Gasteiger charge is -2.31. The number of nitrogens with one attached hydrogen (secondary N) is 1. The zero-order valence-electron chi connectivity index (χ0n) is 14.2. The van der Waals surface area contributed by atoms with Crippen molar-refractivity contribution in [2.24, 2.45) is 5.92 Å². The smallest absolute Gasteiger partial charge is 0.246 e. The summed E-state index contributed by atoms with van der Waals surface area (Å²) in [5.41, 5.74) is 0. The Morgan fingerprint density at radius 1 is 1.44 bits per heavy atom. The highest BCUT2D eigenvalue weighted by molar-refractivity contribution is 7.89. The van der Waals surface area contributed by atoms with Crippen molar-refractivity contribution in [2.75, 3.05) is 26.2 Å². The van der Waals surface area contributed by atoms with E-state index in [-0.39, 0.29) is 35.6 Å². The van der Waals surface area contributed by atoms with Crippen LogP contribution in [0.2, 0.25) is 5.02 Å². The molecular formula is C17H23ClN2O4S. The van der Waals surface area contributed by atoms with Crippen molar-refractivity contribution in [3.8, 4) is 5.75 Å². The number of ether oxygens (including phenoxy) is 1. The molecule has 1 N–H and O–H groups in total. The number of hydrogen-bond donors (Lipinski definition) is 1. The molecule has 138 valence electrons. The Bertz CT molecular complexity index is 728. The molecule has 0 atom stereocenters. The van der Waals surface area contributed by atoms with E-state index >= 15 is 0 Å². The van der Waals surface area contributed by atoms with Crippen LogP contribution in [-0.4, -0.2) is 44.9 Å². The van der Waals surface area contributed by atoms with E-state index in [4.69, 9.17) is 16.3 Å². The van der Waals surface area contributed by atoms with E-state index in [1.165, 1.54) is 10.4 Å². The van der Waals surface area contributed by atoms with Gasteiger partial charge < -0.3 is 10.1 Å². The van der Waals surface area contributed by atoms with Crippen LogP contribution in [0.5, 0.6) is 5.75 Å². The zero-order valence-corrected chi connectivity index (χ0v) is 15.8. The minimum absolute atomic E-state index is 0.0605. The second-order valence-corrected chi connectivity index (χ2v) is 8.08. The number of rotatable bonds is 7. The molecule has 0 radical (unpaired) electrons. The zero-order chi connectivity index (χ0) is 18.4. The van der Waals surface area contributed by atoms with Gasteiger partial charge in [0.15, 0.2) is 0 Å². The molecule has 1 aromatic rings. The molecule has 0 saturated carbocycles. The van der Waals surface area contributed by atoms with Crippen molar-refractivity contribution in [1.29, 1.82) is 0 Å². The van der Waals surface area contributed by atoms with Gasteiger partial charge in [0, 0.05) is 30.6 Å². The van der Waals surface area contributed by atoms with E-state index in [0.717, 1.165) is 0 Å². The quantitative estimate of drug-likeness (QED) is 0.730. The number of hydrogen-bond acceptors (Lipinski definition) is 4. The molecule has 6 nitrogen and oxygen atoms in total. The maximum Gasteiger partial charge on any atom is 0.246 e. The van der Waals surface area contributed by atoms with E-state index in [1.54, 1.807) is 25.1 Å². The average molecular weight is 387 g/mol. The van der Waals surface area contributed by atoms with Crippen molar-refractivity contribution in [3.63, 3.8) is 0 Å². The van der Waals surface area contributed by atoms with Crippen molar-refractivity contribution >= 4 is 27.5 Å². The second-order valence-electron chi connectivity index (χ2n) is 5.74. The Kier molecular flexibility index (Phi) is 6.87. The van der Waals surface area contributed by atoms with Gasteiger partial charge in [-0.1, -0.05) is 17.7 Å². The minimum atomic E-state index is -3.73. The molecular weight excluding hydrogens is 364 g/mol. The van der Waals surface area contributed by atoms with Gasteiger partial charge in [0.2, 0.25) is 15.9 Å².